The molecule has 1 unspecified atom stereocenters. The van der Waals surface area contributed by atoms with Gasteiger partial charge in [0.1, 0.15) is 0 Å². The van der Waals surface area contributed by atoms with Gasteiger partial charge in [0.2, 0.25) is 0 Å². The van der Waals surface area contributed by atoms with Crippen molar-refractivity contribution in [2.75, 3.05) is 0 Å². The Hall–Kier alpha value is 0.665. The van der Waals surface area contributed by atoms with Gasteiger partial charge < -0.3 is 0 Å². The van der Waals surface area contributed by atoms with E-state index < -0.39 is 17.7 Å². The molecule has 1 aromatic rings. The molecule has 0 N–H and O–H groups in total. The molecule has 1 atom stereocenters. The number of hydrogen-bond acceptors (Lipinski definition) is 2. The van der Waals surface area contributed by atoms with E-state index in [9.17, 15) is 0 Å². The zero-order valence-electron chi connectivity index (χ0n) is 15.9. The summed E-state index contributed by atoms with van der Waals surface area (Å²) in [5, 5.41) is 2.54. The van der Waals surface area contributed by atoms with Gasteiger partial charge in [-0.2, -0.15) is 0 Å². The molecule has 0 aromatic heterocycles. The van der Waals surface area contributed by atoms with E-state index in [1.165, 1.54) is 5.19 Å². The summed E-state index contributed by atoms with van der Waals surface area (Å²) < 4.78 is 13.2. The molecule has 1 saturated heterocycles. The van der Waals surface area contributed by atoms with Crippen LogP contribution in [0.3, 0.4) is 0 Å². The van der Waals surface area contributed by atoms with E-state index >= 15 is 0 Å². The van der Waals surface area contributed by atoms with Crippen LogP contribution in [-0.2, 0) is 9.31 Å². The summed E-state index contributed by atoms with van der Waals surface area (Å²) in [6, 6.07) is 11.0. The Labute approximate surface area is 169 Å². The Balaban J connectivity index is 2.16. The number of rotatable bonds is 3. The van der Waals surface area contributed by atoms with Crippen LogP contribution in [-0.4, -0.2) is 36.0 Å². The third-order valence-electron chi connectivity index (χ3n) is 6.51. The predicted octanol–water partition coefficient (Wildman–Crippen LogP) is 5.31. The average molecular weight is 547 g/mol. The van der Waals surface area contributed by atoms with Gasteiger partial charge in [-0.3, -0.25) is 0 Å². The van der Waals surface area contributed by atoms with Gasteiger partial charge in [0, 0.05) is 0 Å². The van der Waals surface area contributed by atoms with Crippen molar-refractivity contribution in [1.82, 2.24) is 0 Å². The monoisotopic (exact) mass is 546 g/mol. The van der Waals surface area contributed by atoms with Gasteiger partial charge in [-0.05, 0) is 0 Å². The zero-order chi connectivity index (χ0) is 18.7. The van der Waals surface area contributed by atoms with Crippen molar-refractivity contribution in [1.29, 1.82) is 0 Å². The fraction of sp³-hybridized carbons (Fsp3) is 0.556. The quantitative estimate of drug-likeness (QED) is 0.378. The Morgan fingerprint density at radius 2 is 1.52 bits per heavy atom. The Morgan fingerprint density at radius 1 is 1.00 bits per heavy atom. The van der Waals surface area contributed by atoms with Crippen molar-refractivity contribution >= 4 is 58.0 Å². The summed E-state index contributed by atoms with van der Waals surface area (Å²) in [6.45, 7) is 13.5. The van der Waals surface area contributed by atoms with Gasteiger partial charge in [-0.25, -0.2) is 0 Å². The predicted molar refractivity (Wildman–Crippen MR) is 120 cm³/mol. The normalized spacial score (nSPS) is 30.0. The number of benzene rings is 1. The van der Waals surface area contributed by atoms with Gasteiger partial charge in [0.05, 0.1) is 0 Å². The van der Waals surface area contributed by atoms with Gasteiger partial charge in [-0.15, -0.1) is 0 Å². The molecule has 0 amide bonds. The maximum absolute atomic E-state index is 6.64. The molecule has 0 aliphatic carbocycles. The van der Waals surface area contributed by atoms with Gasteiger partial charge in [-0.1, -0.05) is 0 Å². The topological polar surface area (TPSA) is 18.5 Å². The van der Waals surface area contributed by atoms with Crippen LogP contribution >= 0.6 is 28.0 Å². The minimum atomic E-state index is -2.61. The van der Waals surface area contributed by atoms with E-state index in [2.05, 4.69) is 111 Å². The van der Waals surface area contributed by atoms with E-state index in [0.717, 1.165) is 5.25 Å². The van der Waals surface area contributed by atoms with E-state index in [-0.39, 0.29) is 22.1 Å². The van der Waals surface area contributed by atoms with Crippen molar-refractivity contribution in [3.63, 3.8) is 0 Å². The molecule has 0 spiro atoms. The SMILES string of the molecule is CC1(C)OB([C]2([Si](C)(C)c3ccccc3)C=C[CH2][Ge]2([Br])[Br])OC1(C)C. The summed E-state index contributed by atoms with van der Waals surface area (Å²) >= 11 is 8.40. The Bertz CT molecular complexity index is 678. The van der Waals surface area contributed by atoms with Crippen molar-refractivity contribution in [2.24, 2.45) is 0 Å². The first-order valence-corrected chi connectivity index (χ1v) is 24.2. The summed E-state index contributed by atoms with van der Waals surface area (Å²) in [5.74, 6) is 0. The molecule has 1 fully saturated rings. The van der Waals surface area contributed by atoms with Crippen LogP contribution in [0.25, 0.3) is 0 Å². The third-order valence-corrected chi connectivity index (χ3v) is 35.9. The van der Waals surface area contributed by atoms with E-state index in [1.807, 2.05) is 0 Å². The average Bonchev–Trinajstić information content (AvgIpc) is 2.93. The van der Waals surface area contributed by atoms with Crippen molar-refractivity contribution in [3.8, 4) is 0 Å². The summed E-state index contributed by atoms with van der Waals surface area (Å²) in [7, 11) is -4.80. The standard InChI is InChI=1S/C18H27BBr2GeO2Si/c1-16(2)17(3,4)24-19(23-16)18(13-10-14-22(18,20)21)25(5,6)15-11-8-7-9-12-15/h7-13H,14H2,1-6H3. The van der Waals surface area contributed by atoms with Crippen LogP contribution in [0, 0.1) is 0 Å². The minimum absolute atomic E-state index is 0.0839. The Morgan fingerprint density at radius 3 is 1.96 bits per heavy atom. The van der Waals surface area contributed by atoms with Crippen LogP contribution in [0.2, 0.25) is 22.1 Å². The summed E-state index contributed by atoms with van der Waals surface area (Å²) in [4.78, 5) is 0. The van der Waals surface area contributed by atoms with Crippen molar-refractivity contribution in [2.45, 2.75) is 61.0 Å². The van der Waals surface area contributed by atoms with Crippen molar-refractivity contribution < 1.29 is 9.31 Å². The summed E-state index contributed by atoms with van der Waals surface area (Å²) in [6.07, 6.45) is 4.77. The van der Waals surface area contributed by atoms with E-state index in [1.54, 1.807) is 0 Å². The third kappa shape index (κ3) is 2.94. The second-order valence-electron chi connectivity index (χ2n) is 8.76. The van der Waals surface area contributed by atoms with Gasteiger partial charge >= 0.3 is 171 Å². The molecule has 1 aromatic carbocycles. The molecule has 2 nitrogen and oxygen atoms in total. The second-order valence-corrected chi connectivity index (χ2v) is 39.6. The van der Waals surface area contributed by atoms with Crippen LogP contribution in [0.1, 0.15) is 27.7 Å². The second kappa shape index (κ2) is 6.34. The number of allylic oxidation sites excluding steroid dienone is 2. The Kier molecular flexibility index (Phi) is 5.18. The van der Waals surface area contributed by atoms with Crippen LogP contribution < -0.4 is 5.19 Å². The summed E-state index contributed by atoms with van der Waals surface area (Å²) in [5.41, 5.74) is -0.638. The molecule has 2 heterocycles. The van der Waals surface area contributed by atoms with Crippen LogP contribution in [0.15, 0.2) is 42.5 Å². The number of halogens is 2. The molecule has 0 saturated carbocycles. The molecule has 2 aliphatic rings. The van der Waals surface area contributed by atoms with Crippen LogP contribution in [0.5, 0.6) is 0 Å². The molecule has 0 bridgehead atoms. The first-order valence-electron chi connectivity index (χ1n) is 8.84. The fourth-order valence-electron chi connectivity index (χ4n) is 4.02. The molecule has 0 radical (unpaired) electrons. The van der Waals surface area contributed by atoms with Gasteiger partial charge in [0.25, 0.3) is 0 Å². The molecule has 3 rings (SSSR count). The van der Waals surface area contributed by atoms with E-state index in [4.69, 9.17) is 9.31 Å². The van der Waals surface area contributed by atoms with E-state index in [0.29, 0.717) is 0 Å². The maximum atomic E-state index is 6.64. The van der Waals surface area contributed by atoms with Gasteiger partial charge in [0.15, 0.2) is 0 Å². The van der Waals surface area contributed by atoms with Crippen molar-refractivity contribution in [3.05, 3.63) is 42.5 Å². The zero-order valence-corrected chi connectivity index (χ0v) is 22.2. The first kappa shape index (κ1) is 20.4. The molecule has 25 heavy (non-hydrogen) atoms. The molecular formula is C18H27BBr2GeO2Si. The molecular weight excluding hydrogens is 520 g/mol. The first-order chi connectivity index (χ1) is 11.4. The molecule has 2 aliphatic heterocycles. The van der Waals surface area contributed by atoms with Crippen LogP contribution in [0.4, 0.5) is 0 Å². The molecule has 136 valence electrons. The fourth-order valence-corrected chi connectivity index (χ4v) is 38.9. The molecule has 7 heteroatoms. The number of hydrogen-bond donors (Lipinski definition) is 0.